The van der Waals surface area contributed by atoms with Crippen LogP contribution >= 0.6 is 0 Å². The minimum Gasteiger partial charge on any atom is -0.489 e. The zero-order chi connectivity index (χ0) is 18.1. The fourth-order valence-corrected chi connectivity index (χ4v) is 3.22. The number of likely N-dealkylation sites (tertiary alicyclic amines) is 1. The molecule has 1 saturated heterocycles. The number of hydrogen-bond donors (Lipinski definition) is 0. The van der Waals surface area contributed by atoms with E-state index in [9.17, 15) is 4.79 Å². The molecule has 134 valence electrons. The third kappa shape index (κ3) is 3.12. The Balaban J connectivity index is 1.52. The van der Waals surface area contributed by atoms with Gasteiger partial charge in [0.05, 0.1) is 12.2 Å². The molecule has 0 spiro atoms. The first kappa shape index (κ1) is 16.5. The van der Waals surface area contributed by atoms with Gasteiger partial charge in [-0.05, 0) is 24.1 Å². The summed E-state index contributed by atoms with van der Waals surface area (Å²) in [6, 6.07) is 11.5. The molecule has 2 aromatic heterocycles. The maximum absolute atomic E-state index is 12.9. The van der Waals surface area contributed by atoms with Gasteiger partial charge in [0.15, 0.2) is 0 Å². The highest BCUT2D eigenvalue weighted by Crippen LogP contribution is 2.21. The van der Waals surface area contributed by atoms with E-state index in [0.717, 1.165) is 17.9 Å². The number of benzene rings is 1. The van der Waals surface area contributed by atoms with Gasteiger partial charge in [0.25, 0.3) is 11.7 Å². The molecule has 1 fully saturated rings. The molecule has 0 aliphatic carbocycles. The van der Waals surface area contributed by atoms with Crippen molar-refractivity contribution in [2.45, 2.75) is 32.3 Å². The van der Waals surface area contributed by atoms with Gasteiger partial charge >= 0.3 is 0 Å². The Morgan fingerprint density at radius 1 is 1.27 bits per heavy atom. The van der Waals surface area contributed by atoms with Gasteiger partial charge in [0.2, 0.25) is 0 Å². The lowest BCUT2D eigenvalue weighted by atomic mass is 10.1. The predicted octanol–water partition coefficient (Wildman–Crippen LogP) is 2.54. The van der Waals surface area contributed by atoms with Crippen LogP contribution in [0.15, 0.2) is 42.7 Å². The largest absolute Gasteiger partial charge is 0.489 e. The van der Waals surface area contributed by atoms with Crippen molar-refractivity contribution in [3.8, 4) is 5.75 Å². The van der Waals surface area contributed by atoms with E-state index in [2.05, 4.69) is 28.9 Å². The fraction of sp³-hybridized carbons (Fsp3) is 0.368. The lowest BCUT2D eigenvalue weighted by Crippen LogP contribution is -2.32. The van der Waals surface area contributed by atoms with E-state index in [1.54, 1.807) is 9.42 Å². The molecule has 0 saturated carbocycles. The van der Waals surface area contributed by atoms with Crippen LogP contribution in [0.4, 0.5) is 0 Å². The van der Waals surface area contributed by atoms with Crippen LogP contribution in [-0.4, -0.2) is 49.6 Å². The first-order chi connectivity index (χ1) is 12.6. The maximum Gasteiger partial charge on any atom is 0.272 e. The quantitative estimate of drug-likeness (QED) is 0.722. The van der Waals surface area contributed by atoms with E-state index in [1.165, 1.54) is 6.33 Å². The number of hydrogen-bond acceptors (Lipinski definition) is 5. The fourth-order valence-electron chi connectivity index (χ4n) is 3.22. The van der Waals surface area contributed by atoms with Crippen LogP contribution in [0, 0.1) is 0 Å². The van der Waals surface area contributed by atoms with E-state index in [4.69, 9.17) is 4.74 Å². The Labute approximate surface area is 151 Å². The molecule has 0 radical (unpaired) electrons. The molecule has 1 aliphatic heterocycles. The molecule has 1 aliphatic rings. The summed E-state index contributed by atoms with van der Waals surface area (Å²) in [5.41, 5.74) is 1.33. The van der Waals surface area contributed by atoms with Crippen LogP contribution in [0.1, 0.15) is 42.4 Å². The minimum absolute atomic E-state index is 0.00254. The standard InChI is InChI=1S/C19H21N5O2/c1-13(2)17-10-16(22-19-20-12-21-24(17)19)18(25)23-9-8-15(11-23)26-14-6-4-3-5-7-14/h3-7,10,12-13,15H,8-9,11H2,1-2H3/t15-/m0/s1. The average Bonchev–Trinajstić information content (AvgIpc) is 3.30. The molecule has 1 aromatic carbocycles. The van der Waals surface area contributed by atoms with Crippen molar-refractivity contribution < 1.29 is 9.53 Å². The van der Waals surface area contributed by atoms with Gasteiger partial charge in [0.1, 0.15) is 23.9 Å². The van der Waals surface area contributed by atoms with Gasteiger partial charge in [-0.15, -0.1) is 0 Å². The van der Waals surface area contributed by atoms with E-state index < -0.39 is 0 Å². The van der Waals surface area contributed by atoms with Crippen LogP contribution in [-0.2, 0) is 0 Å². The van der Waals surface area contributed by atoms with Crippen molar-refractivity contribution in [2.24, 2.45) is 0 Å². The molecule has 7 nitrogen and oxygen atoms in total. The second-order valence-corrected chi connectivity index (χ2v) is 6.79. The van der Waals surface area contributed by atoms with E-state index in [-0.39, 0.29) is 17.9 Å². The smallest absolute Gasteiger partial charge is 0.272 e. The molecule has 7 heteroatoms. The molecule has 0 unspecified atom stereocenters. The second-order valence-electron chi connectivity index (χ2n) is 6.79. The van der Waals surface area contributed by atoms with Crippen LogP contribution < -0.4 is 4.74 Å². The highest BCUT2D eigenvalue weighted by molar-refractivity contribution is 5.93. The molecular weight excluding hydrogens is 330 g/mol. The van der Waals surface area contributed by atoms with E-state index in [1.807, 2.05) is 36.4 Å². The lowest BCUT2D eigenvalue weighted by Gasteiger charge is -2.18. The highest BCUT2D eigenvalue weighted by atomic mass is 16.5. The van der Waals surface area contributed by atoms with Crippen molar-refractivity contribution in [1.29, 1.82) is 0 Å². The second kappa shape index (κ2) is 6.74. The Morgan fingerprint density at radius 2 is 2.08 bits per heavy atom. The SMILES string of the molecule is CC(C)c1cc(C(=O)N2CC[C@H](Oc3ccccc3)C2)nc2ncnn12. The Morgan fingerprint density at radius 3 is 2.85 bits per heavy atom. The van der Waals surface area contributed by atoms with E-state index >= 15 is 0 Å². The molecule has 0 bridgehead atoms. The summed E-state index contributed by atoms with van der Waals surface area (Å²) < 4.78 is 7.66. The van der Waals surface area contributed by atoms with Crippen LogP contribution in [0.2, 0.25) is 0 Å². The number of carbonyl (C=O) groups excluding carboxylic acids is 1. The molecule has 0 N–H and O–H groups in total. The Bertz CT molecular complexity index is 922. The summed E-state index contributed by atoms with van der Waals surface area (Å²) in [4.78, 5) is 23.3. The van der Waals surface area contributed by atoms with Crippen LogP contribution in [0.3, 0.4) is 0 Å². The van der Waals surface area contributed by atoms with Crippen molar-refractivity contribution in [3.63, 3.8) is 0 Å². The molecule has 3 heterocycles. The third-order valence-electron chi connectivity index (χ3n) is 4.57. The number of amides is 1. The monoisotopic (exact) mass is 351 g/mol. The molecule has 26 heavy (non-hydrogen) atoms. The topological polar surface area (TPSA) is 72.6 Å². The molecule has 3 aromatic rings. The van der Waals surface area contributed by atoms with Crippen molar-refractivity contribution in [2.75, 3.05) is 13.1 Å². The number of nitrogens with zero attached hydrogens (tertiary/aromatic N) is 5. The summed E-state index contributed by atoms with van der Waals surface area (Å²) in [5, 5.41) is 4.19. The van der Waals surface area contributed by atoms with Crippen molar-refractivity contribution in [1.82, 2.24) is 24.5 Å². The summed E-state index contributed by atoms with van der Waals surface area (Å²) in [7, 11) is 0. The third-order valence-corrected chi connectivity index (χ3v) is 4.57. The van der Waals surface area contributed by atoms with E-state index in [0.29, 0.717) is 24.6 Å². The van der Waals surface area contributed by atoms with Gasteiger partial charge in [-0.3, -0.25) is 4.79 Å². The molecule has 4 rings (SSSR count). The van der Waals surface area contributed by atoms with Crippen LogP contribution in [0.25, 0.3) is 5.78 Å². The van der Waals surface area contributed by atoms with Gasteiger partial charge in [-0.25, -0.2) is 9.50 Å². The number of fused-ring (bicyclic) bond motifs is 1. The van der Waals surface area contributed by atoms with Crippen LogP contribution in [0.5, 0.6) is 5.75 Å². The molecule has 1 atom stereocenters. The summed E-state index contributed by atoms with van der Waals surface area (Å²) in [5.74, 6) is 1.41. The normalized spacial score (nSPS) is 17.2. The number of ether oxygens (including phenoxy) is 1. The van der Waals surface area contributed by atoms with Gasteiger partial charge < -0.3 is 9.64 Å². The number of para-hydroxylation sites is 1. The maximum atomic E-state index is 12.9. The number of rotatable bonds is 4. The number of aromatic nitrogens is 4. The average molecular weight is 351 g/mol. The molecule has 1 amide bonds. The Kier molecular flexibility index (Phi) is 4.28. The summed E-state index contributed by atoms with van der Waals surface area (Å²) in [6.07, 6.45) is 2.27. The van der Waals surface area contributed by atoms with Gasteiger partial charge in [0, 0.05) is 13.0 Å². The first-order valence-corrected chi connectivity index (χ1v) is 8.83. The van der Waals surface area contributed by atoms with Crippen molar-refractivity contribution >= 4 is 11.7 Å². The van der Waals surface area contributed by atoms with Crippen molar-refractivity contribution in [3.05, 3.63) is 54.1 Å². The number of carbonyl (C=O) groups is 1. The zero-order valence-electron chi connectivity index (χ0n) is 14.9. The first-order valence-electron chi connectivity index (χ1n) is 8.83. The molecular formula is C19H21N5O2. The highest BCUT2D eigenvalue weighted by Gasteiger charge is 2.29. The summed E-state index contributed by atoms with van der Waals surface area (Å²) >= 11 is 0. The van der Waals surface area contributed by atoms with Gasteiger partial charge in [-0.1, -0.05) is 32.0 Å². The lowest BCUT2D eigenvalue weighted by molar-refractivity contribution is 0.0766. The summed E-state index contributed by atoms with van der Waals surface area (Å²) in [6.45, 7) is 5.34. The minimum atomic E-state index is -0.0865. The Hall–Kier alpha value is -2.96. The zero-order valence-corrected chi connectivity index (χ0v) is 14.9. The predicted molar refractivity (Wildman–Crippen MR) is 96.2 cm³/mol. The van der Waals surface area contributed by atoms with Gasteiger partial charge in [-0.2, -0.15) is 10.1 Å².